The molecule has 0 aromatic carbocycles. The molecule has 2 heterocycles. The van der Waals surface area contributed by atoms with Gasteiger partial charge >= 0.3 is 6.09 Å². The molecule has 0 aromatic rings. The van der Waals surface area contributed by atoms with Crippen LogP contribution in [0.4, 0.5) is 4.79 Å². The van der Waals surface area contributed by atoms with Gasteiger partial charge in [-0.05, 0) is 6.42 Å². The highest BCUT2D eigenvalue weighted by Gasteiger charge is 2.36. The van der Waals surface area contributed by atoms with Crippen LogP contribution in [0.3, 0.4) is 0 Å². The van der Waals surface area contributed by atoms with E-state index in [0.29, 0.717) is 26.1 Å². The minimum absolute atomic E-state index is 0.136. The molecular formula is C8H12N2O3. The predicted molar refractivity (Wildman–Crippen MR) is 44.3 cm³/mol. The number of rotatable bonds is 0. The fourth-order valence-corrected chi connectivity index (χ4v) is 2.04. The van der Waals surface area contributed by atoms with Gasteiger partial charge < -0.3 is 14.9 Å². The summed E-state index contributed by atoms with van der Waals surface area (Å²) in [5.41, 5.74) is 0. The van der Waals surface area contributed by atoms with Gasteiger partial charge in [-0.3, -0.25) is 4.79 Å². The molecule has 0 spiro atoms. The van der Waals surface area contributed by atoms with Crippen molar-refractivity contribution >= 4 is 12.0 Å². The number of fused-ring (bicyclic) bond motifs is 1. The van der Waals surface area contributed by atoms with Crippen LogP contribution >= 0.6 is 0 Å². The molecule has 2 fully saturated rings. The van der Waals surface area contributed by atoms with Crippen molar-refractivity contribution in [1.29, 1.82) is 0 Å². The Labute approximate surface area is 75.9 Å². The van der Waals surface area contributed by atoms with E-state index < -0.39 is 6.09 Å². The molecule has 2 aliphatic rings. The highest BCUT2D eigenvalue weighted by atomic mass is 16.4. The number of amides is 2. The maximum absolute atomic E-state index is 11.2. The molecule has 1 atom stereocenters. The van der Waals surface area contributed by atoms with Gasteiger partial charge in [0.2, 0.25) is 5.91 Å². The normalized spacial score (nSPS) is 27.7. The predicted octanol–water partition coefficient (Wildman–Crippen LogP) is -0.0290. The quantitative estimate of drug-likeness (QED) is 0.575. The van der Waals surface area contributed by atoms with E-state index in [1.54, 1.807) is 4.90 Å². The largest absolute Gasteiger partial charge is 0.465 e. The van der Waals surface area contributed by atoms with Gasteiger partial charge in [0.25, 0.3) is 0 Å². The summed E-state index contributed by atoms with van der Waals surface area (Å²) in [4.78, 5) is 25.1. The van der Waals surface area contributed by atoms with Crippen LogP contribution in [0.2, 0.25) is 0 Å². The molecular weight excluding hydrogens is 172 g/mol. The standard InChI is InChI=1S/C8H12N2O3/c11-7-2-1-6-5-9(8(12)13)3-4-10(6)7/h6H,1-5H2,(H,12,13)/t6-/m0/s1. The molecule has 1 N–H and O–H groups in total. The Morgan fingerprint density at radius 3 is 2.92 bits per heavy atom. The first-order valence-corrected chi connectivity index (χ1v) is 4.46. The number of carbonyl (C=O) groups excluding carboxylic acids is 1. The van der Waals surface area contributed by atoms with Crippen molar-refractivity contribution in [3.63, 3.8) is 0 Å². The lowest BCUT2D eigenvalue weighted by Crippen LogP contribution is -2.52. The summed E-state index contributed by atoms with van der Waals surface area (Å²) < 4.78 is 0. The van der Waals surface area contributed by atoms with Crippen molar-refractivity contribution < 1.29 is 14.7 Å². The zero-order chi connectivity index (χ0) is 9.42. The number of hydrogen-bond acceptors (Lipinski definition) is 2. The van der Waals surface area contributed by atoms with Crippen molar-refractivity contribution in [1.82, 2.24) is 9.80 Å². The second-order valence-corrected chi connectivity index (χ2v) is 3.51. The summed E-state index contributed by atoms with van der Waals surface area (Å²) in [5, 5.41) is 8.75. The first-order valence-electron chi connectivity index (χ1n) is 4.46. The Morgan fingerprint density at radius 2 is 2.23 bits per heavy atom. The average molecular weight is 184 g/mol. The van der Waals surface area contributed by atoms with Crippen molar-refractivity contribution in [2.24, 2.45) is 0 Å². The molecule has 0 aliphatic carbocycles. The van der Waals surface area contributed by atoms with Crippen LogP contribution in [0.25, 0.3) is 0 Å². The number of nitrogens with zero attached hydrogens (tertiary/aromatic N) is 2. The van der Waals surface area contributed by atoms with Gasteiger partial charge in [-0.25, -0.2) is 4.79 Å². The molecule has 5 nitrogen and oxygen atoms in total. The van der Waals surface area contributed by atoms with E-state index in [9.17, 15) is 9.59 Å². The number of hydrogen-bond donors (Lipinski definition) is 1. The Kier molecular flexibility index (Phi) is 1.86. The summed E-state index contributed by atoms with van der Waals surface area (Å²) in [6.07, 6.45) is 0.514. The Hall–Kier alpha value is -1.26. The second-order valence-electron chi connectivity index (χ2n) is 3.51. The Balaban J connectivity index is 2.03. The highest BCUT2D eigenvalue weighted by molar-refractivity contribution is 5.79. The van der Waals surface area contributed by atoms with Crippen molar-refractivity contribution in [3.05, 3.63) is 0 Å². The maximum atomic E-state index is 11.2. The van der Waals surface area contributed by atoms with E-state index in [1.165, 1.54) is 4.90 Å². The molecule has 0 bridgehead atoms. The van der Waals surface area contributed by atoms with E-state index >= 15 is 0 Å². The fourth-order valence-electron chi connectivity index (χ4n) is 2.04. The van der Waals surface area contributed by atoms with Gasteiger partial charge in [0.15, 0.2) is 0 Å². The molecule has 2 amide bonds. The summed E-state index contributed by atoms with van der Waals surface area (Å²) in [7, 11) is 0. The molecule has 2 saturated heterocycles. The van der Waals surface area contributed by atoms with E-state index in [4.69, 9.17) is 5.11 Å². The molecule has 5 heteroatoms. The van der Waals surface area contributed by atoms with Crippen molar-refractivity contribution in [2.75, 3.05) is 19.6 Å². The summed E-state index contributed by atoms with van der Waals surface area (Å²) >= 11 is 0. The van der Waals surface area contributed by atoms with Crippen LogP contribution in [0, 0.1) is 0 Å². The third-order valence-corrected chi connectivity index (χ3v) is 2.77. The van der Waals surface area contributed by atoms with Crippen LogP contribution in [-0.4, -0.2) is 52.6 Å². The lowest BCUT2D eigenvalue weighted by atomic mass is 10.2. The highest BCUT2D eigenvalue weighted by Crippen LogP contribution is 2.22. The smallest absolute Gasteiger partial charge is 0.407 e. The topological polar surface area (TPSA) is 60.9 Å². The van der Waals surface area contributed by atoms with Gasteiger partial charge in [-0.15, -0.1) is 0 Å². The average Bonchev–Trinajstić information content (AvgIpc) is 2.47. The zero-order valence-corrected chi connectivity index (χ0v) is 7.27. The molecule has 0 unspecified atom stereocenters. The minimum atomic E-state index is -0.876. The van der Waals surface area contributed by atoms with E-state index in [2.05, 4.69) is 0 Å². The Bertz CT molecular complexity index is 254. The van der Waals surface area contributed by atoms with E-state index in [1.807, 2.05) is 0 Å². The van der Waals surface area contributed by atoms with Gasteiger partial charge in [0.1, 0.15) is 0 Å². The van der Waals surface area contributed by atoms with Gasteiger partial charge in [-0.1, -0.05) is 0 Å². The van der Waals surface area contributed by atoms with Crippen LogP contribution in [0.1, 0.15) is 12.8 Å². The molecule has 13 heavy (non-hydrogen) atoms. The molecule has 0 aromatic heterocycles. The fraction of sp³-hybridized carbons (Fsp3) is 0.750. The van der Waals surface area contributed by atoms with Crippen LogP contribution in [-0.2, 0) is 4.79 Å². The summed E-state index contributed by atoms with van der Waals surface area (Å²) in [6, 6.07) is 0.136. The minimum Gasteiger partial charge on any atom is -0.465 e. The van der Waals surface area contributed by atoms with Gasteiger partial charge in [0.05, 0.1) is 0 Å². The van der Waals surface area contributed by atoms with E-state index in [-0.39, 0.29) is 11.9 Å². The summed E-state index contributed by atoms with van der Waals surface area (Å²) in [5.74, 6) is 0.176. The SMILES string of the molecule is O=C(O)N1CCN2C(=O)CC[C@H]2C1. The zero-order valence-electron chi connectivity index (χ0n) is 7.27. The number of carbonyl (C=O) groups is 2. The molecule has 72 valence electrons. The molecule has 2 aliphatic heterocycles. The number of carboxylic acid groups (broad SMARTS) is 1. The lowest BCUT2D eigenvalue weighted by molar-refractivity contribution is -0.130. The monoisotopic (exact) mass is 184 g/mol. The lowest BCUT2D eigenvalue weighted by Gasteiger charge is -2.35. The van der Waals surface area contributed by atoms with Crippen LogP contribution < -0.4 is 0 Å². The Morgan fingerprint density at radius 1 is 1.46 bits per heavy atom. The van der Waals surface area contributed by atoms with Gasteiger partial charge in [-0.2, -0.15) is 0 Å². The maximum Gasteiger partial charge on any atom is 0.407 e. The van der Waals surface area contributed by atoms with Crippen LogP contribution in [0.15, 0.2) is 0 Å². The second kappa shape index (κ2) is 2.90. The van der Waals surface area contributed by atoms with Crippen LogP contribution in [0.5, 0.6) is 0 Å². The molecule has 0 saturated carbocycles. The molecule has 0 radical (unpaired) electrons. The van der Waals surface area contributed by atoms with Gasteiger partial charge in [0, 0.05) is 32.1 Å². The third kappa shape index (κ3) is 1.34. The van der Waals surface area contributed by atoms with Crippen molar-refractivity contribution in [3.8, 4) is 0 Å². The first-order chi connectivity index (χ1) is 6.18. The molecule has 2 rings (SSSR count). The van der Waals surface area contributed by atoms with Crippen molar-refractivity contribution in [2.45, 2.75) is 18.9 Å². The summed E-state index contributed by atoms with van der Waals surface area (Å²) in [6.45, 7) is 1.51. The number of piperazine rings is 1. The first kappa shape index (κ1) is 8.34. The third-order valence-electron chi connectivity index (χ3n) is 2.77. The van der Waals surface area contributed by atoms with E-state index in [0.717, 1.165) is 6.42 Å².